The van der Waals surface area contributed by atoms with E-state index in [0.717, 1.165) is 23.4 Å². The number of carbonyl (C=O) groups excluding carboxylic acids is 1. The van der Waals surface area contributed by atoms with Gasteiger partial charge in [0.15, 0.2) is 0 Å². The zero-order valence-electron chi connectivity index (χ0n) is 13.8. The summed E-state index contributed by atoms with van der Waals surface area (Å²) in [6.45, 7) is 3.15. The summed E-state index contributed by atoms with van der Waals surface area (Å²) < 4.78 is 10.6. The molecule has 5 nitrogen and oxygen atoms in total. The number of benzene rings is 1. The number of methoxy groups -OCH3 is 1. The highest BCUT2D eigenvalue weighted by molar-refractivity contribution is 7.99. The summed E-state index contributed by atoms with van der Waals surface area (Å²) in [6.07, 6.45) is 0.816. The molecular formula is C17H21ClN2O3S. The second-order valence-electron chi connectivity index (χ2n) is 5.19. The molecule has 0 spiro atoms. The molecule has 0 aliphatic carbocycles. The quantitative estimate of drug-likeness (QED) is 0.684. The Bertz CT molecular complexity index is 676. The molecule has 1 aromatic heterocycles. The van der Waals surface area contributed by atoms with Crippen LogP contribution >= 0.6 is 23.4 Å². The van der Waals surface area contributed by atoms with Crippen LogP contribution in [0.5, 0.6) is 0 Å². The second kappa shape index (κ2) is 9.71. The molecule has 2 aromatic rings. The number of halogens is 1. The number of aromatic nitrogens is 1. The molecule has 1 heterocycles. The first kappa shape index (κ1) is 18.8. The summed E-state index contributed by atoms with van der Waals surface area (Å²) in [7, 11) is 1.65. The lowest BCUT2D eigenvalue weighted by Gasteiger charge is -2.04. The van der Waals surface area contributed by atoms with Crippen molar-refractivity contribution in [3.05, 3.63) is 40.7 Å². The largest absolute Gasteiger partial charge is 0.441 e. The van der Waals surface area contributed by atoms with Crippen LogP contribution < -0.4 is 5.32 Å². The predicted molar refractivity (Wildman–Crippen MR) is 97.4 cm³/mol. The predicted octanol–water partition coefficient (Wildman–Crippen LogP) is 3.69. The van der Waals surface area contributed by atoms with Crippen LogP contribution in [-0.2, 0) is 15.3 Å². The van der Waals surface area contributed by atoms with Crippen molar-refractivity contribution in [2.45, 2.75) is 19.1 Å². The topological polar surface area (TPSA) is 64.4 Å². The average molecular weight is 369 g/mol. The van der Waals surface area contributed by atoms with E-state index in [1.54, 1.807) is 13.2 Å². The van der Waals surface area contributed by atoms with Gasteiger partial charge in [0.2, 0.25) is 11.8 Å². The van der Waals surface area contributed by atoms with Crippen molar-refractivity contribution < 1.29 is 13.9 Å². The van der Waals surface area contributed by atoms with Gasteiger partial charge in [0.25, 0.3) is 0 Å². The fourth-order valence-electron chi connectivity index (χ4n) is 2.05. The number of aryl methyl sites for hydroxylation is 1. The van der Waals surface area contributed by atoms with Gasteiger partial charge in [0.05, 0.1) is 22.0 Å². The molecule has 0 aliphatic rings. The number of thioether (sulfide) groups is 1. The van der Waals surface area contributed by atoms with Crippen molar-refractivity contribution in [1.82, 2.24) is 10.3 Å². The van der Waals surface area contributed by atoms with Crippen LogP contribution in [0.4, 0.5) is 0 Å². The maximum absolute atomic E-state index is 11.7. The van der Waals surface area contributed by atoms with E-state index in [-0.39, 0.29) is 5.91 Å². The molecule has 1 N–H and O–H groups in total. The third kappa shape index (κ3) is 5.54. The molecule has 0 bridgehead atoms. The van der Waals surface area contributed by atoms with Gasteiger partial charge in [-0.25, -0.2) is 4.98 Å². The van der Waals surface area contributed by atoms with Crippen molar-refractivity contribution in [3.8, 4) is 11.5 Å². The zero-order valence-corrected chi connectivity index (χ0v) is 15.4. The Morgan fingerprint density at radius 2 is 2.21 bits per heavy atom. The lowest BCUT2D eigenvalue weighted by atomic mass is 10.2. The van der Waals surface area contributed by atoms with Crippen LogP contribution in [0.1, 0.15) is 17.9 Å². The molecule has 0 fully saturated rings. The van der Waals surface area contributed by atoms with E-state index in [9.17, 15) is 4.79 Å². The molecule has 1 aromatic carbocycles. The Morgan fingerprint density at radius 1 is 1.42 bits per heavy atom. The van der Waals surface area contributed by atoms with Gasteiger partial charge in [-0.2, -0.15) is 0 Å². The zero-order chi connectivity index (χ0) is 17.4. The van der Waals surface area contributed by atoms with E-state index < -0.39 is 0 Å². The lowest BCUT2D eigenvalue weighted by Crippen LogP contribution is -2.26. The molecule has 0 saturated heterocycles. The minimum absolute atomic E-state index is 0.0172. The summed E-state index contributed by atoms with van der Waals surface area (Å²) >= 11 is 7.68. The first-order valence-electron chi connectivity index (χ1n) is 7.66. The number of nitrogens with one attached hydrogen (secondary N) is 1. The monoisotopic (exact) mass is 368 g/mol. The van der Waals surface area contributed by atoms with Gasteiger partial charge in [0.1, 0.15) is 5.76 Å². The molecule has 2 rings (SSSR count). The number of oxazole rings is 1. The Morgan fingerprint density at radius 3 is 2.96 bits per heavy atom. The van der Waals surface area contributed by atoms with Crippen LogP contribution in [-0.4, -0.2) is 36.9 Å². The highest BCUT2D eigenvalue weighted by Gasteiger charge is 2.14. The van der Waals surface area contributed by atoms with E-state index >= 15 is 0 Å². The van der Waals surface area contributed by atoms with Crippen LogP contribution in [0.15, 0.2) is 28.7 Å². The first-order valence-corrected chi connectivity index (χ1v) is 9.19. The SMILES string of the molecule is COCCCNC(=O)CSCc1nc(-c2ccccc2Cl)oc1C. The molecule has 130 valence electrons. The highest BCUT2D eigenvalue weighted by atomic mass is 35.5. The van der Waals surface area contributed by atoms with Gasteiger partial charge in [-0.1, -0.05) is 23.7 Å². The Hall–Kier alpha value is -1.50. The molecule has 0 unspecified atom stereocenters. The lowest BCUT2D eigenvalue weighted by molar-refractivity contribution is -0.118. The van der Waals surface area contributed by atoms with Crippen LogP contribution in [0.2, 0.25) is 5.02 Å². The minimum atomic E-state index is 0.0172. The third-order valence-electron chi connectivity index (χ3n) is 3.32. The van der Waals surface area contributed by atoms with E-state index in [4.69, 9.17) is 20.8 Å². The van der Waals surface area contributed by atoms with Crippen molar-refractivity contribution in [1.29, 1.82) is 0 Å². The molecule has 0 saturated carbocycles. The fourth-order valence-corrected chi connectivity index (χ4v) is 3.11. The summed E-state index contributed by atoms with van der Waals surface area (Å²) in [5.41, 5.74) is 1.61. The number of amides is 1. The van der Waals surface area contributed by atoms with Crippen molar-refractivity contribution >= 4 is 29.3 Å². The Kier molecular flexibility index (Phi) is 7.62. The summed E-state index contributed by atoms with van der Waals surface area (Å²) in [5, 5.41) is 3.46. The maximum atomic E-state index is 11.7. The van der Waals surface area contributed by atoms with Crippen LogP contribution in [0, 0.1) is 6.92 Å². The maximum Gasteiger partial charge on any atom is 0.230 e. The molecule has 24 heavy (non-hydrogen) atoms. The van der Waals surface area contributed by atoms with Crippen molar-refractivity contribution in [2.24, 2.45) is 0 Å². The van der Waals surface area contributed by atoms with Crippen molar-refractivity contribution in [3.63, 3.8) is 0 Å². The molecule has 0 aliphatic heterocycles. The van der Waals surface area contributed by atoms with E-state index in [2.05, 4.69) is 10.3 Å². The normalized spacial score (nSPS) is 10.8. The number of ether oxygens (including phenoxy) is 1. The van der Waals surface area contributed by atoms with Crippen molar-refractivity contribution in [2.75, 3.05) is 26.0 Å². The molecular weight excluding hydrogens is 348 g/mol. The van der Waals surface area contributed by atoms with Gasteiger partial charge in [-0.15, -0.1) is 11.8 Å². The van der Waals surface area contributed by atoms with Crippen LogP contribution in [0.3, 0.4) is 0 Å². The average Bonchev–Trinajstić information content (AvgIpc) is 2.93. The van der Waals surface area contributed by atoms with Gasteiger partial charge in [0, 0.05) is 26.0 Å². The number of nitrogens with zero attached hydrogens (tertiary/aromatic N) is 1. The smallest absolute Gasteiger partial charge is 0.230 e. The highest BCUT2D eigenvalue weighted by Crippen LogP contribution is 2.29. The minimum Gasteiger partial charge on any atom is -0.441 e. The van der Waals surface area contributed by atoms with Gasteiger partial charge in [-0.05, 0) is 25.5 Å². The van der Waals surface area contributed by atoms with E-state index in [1.807, 2.05) is 25.1 Å². The number of hydrogen-bond donors (Lipinski definition) is 1. The molecule has 0 radical (unpaired) electrons. The van der Waals surface area contributed by atoms with Gasteiger partial charge in [-0.3, -0.25) is 4.79 Å². The Labute approximate surface area is 151 Å². The van der Waals surface area contributed by atoms with Crippen LogP contribution in [0.25, 0.3) is 11.5 Å². The fraction of sp³-hybridized carbons (Fsp3) is 0.412. The number of carbonyl (C=O) groups is 1. The summed E-state index contributed by atoms with van der Waals surface area (Å²) in [6, 6.07) is 7.43. The Balaban J connectivity index is 1.84. The number of rotatable bonds is 9. The molecule has 0 atom stereocenters. The third-order valence-corrected chi connectivity index (χ3v) is 4.59. The summed E-state index contributed by atoms with van der Waals surface area (Å²) in [4.78, 5) is 16.2. The van der Waals surface area contributed by atoms with Gasteiger partial charge >= 0.3 is 0 Å². The van der Waals surface area contributed by atoms with Gasteiger partial charge < -0.3 is 14.5 Å². The second-order valence-corrected chi connectivity index (χ2v) is 6.58. The standard InChI is InChI=1S/C17H21ClN2O3S/c1-12-15(10-24-11-16(21)19-8-5-9-22-2)20-17(23-12)13-6-3-4-7-14(13)18/h3-4,6-7H,5,8-11H2,1-2H3,(H,19,21). The van der Waals surface area contributed by atoms with E-state index in [0.29, 0.717) is 35.6 Å². The molecule has 7 heteroatoms. The number of hydrogen-bond acceptors (Lipinski definition) is 5. The molecule has 1 amide bonds. The first-order chi connectivity index (χ1) is 11.6. The van der Waals surface area contributed by atoms with E-state index in [1.165, 1.54) is 11.8 Å². The summed E-state index contributed by atoms with van der Waals surface area (Å²) in [5.74, 6) is 2.28.